The highest BCUT2D eigenvalue weighted by atomic mass is 32.2. The number of nitrogens with zero attached hydrogens (tertiary/aromatic N) is 2. The van der Waals surface area contributed by atoms with Gasteiger partial charge in [0.2, 0.25) is 0 Å². The second-order valence-electron chi connectivity index (χ2n) is 3.29. The average molecular weight is 245 g/mol. The highest BCUT2D eigenvalue weighted by Crippen LogP contribution is 2.11. The fraction of sp³-hybridized carbons (Fsp3) is 0.0833. The van der Waals surface area contributed by atoms with Crippen molar-refractivity contribution in [1.82, 2.24) is 15.2 Å². The second-order valence-corrected chi connectivity index (χ2v) is 4.25. The van der Waals surface area contributed by atoms with Gasteiger partial charge in [-0.25, -0.2) is 4.98 Å². The molecule has 0 aliphatic rings. The number of H-pyrrole nitrogens is 1. The zero-order valence-corrected chi connectivity index (χ0v) is 9.85. The number of nitrogens with one attached hydrogen (secondary N) is 1. The Labute approximate surface area is 103 Å². The minimum absolute atomic E-state index is 0.0512. The van der Waals surface area contributed by atoms with E-state index in [1.54, 1.807) is 6.08 Å². The van der Waals surface area contributed by atoms with Gasteiger partial charge < -0.3 is 0 Å². The molecule has 0 spiro atoms. The number of aromatic nitrogens is 3. The Bertz CT molecular complexity index is 494. The van der Waals surface area contributed by atoms with Gasteiger partial charge in [0, 0.05) is 0 Å². The van der Waals surface area contributed by atoms with Crippen molar-refractivity contribution >= 4 is 23.6 Å². The molecule has 0 aliphatic heterocycles. The van der Waals surface area contributed by atoms with E-state index in [4.69, 9.17) is 0 Å². The van der Waals surface area contributed by atoms with Gasteiger partial charge in [-0.05, 0) is 11.6 Å². The smallest absolute Gasteiger partial charge is 0.183 e. The van der Waals surface area contributed by atoms with Gasteiger partial charge in [0.05, 0.1) is 5.75 Å². The largest absolute Gasteiger partial charge is 0.294 e. The third-order valence-electron chi connectivity index (χ3n) is 2.01. The Balaban J connectivity index is 1.83. The lowest BCUT2D eigenvalue weighted by molar-refractivity contribution is -0.112. The lowest BCUT2D eigenvalue weighted by Gasteiger charge is -1.93. The minimum Gasteiger partial charge on any atom is -0.294 e. The zero-order chi connectivity index (χ0) is 11.9. The van der Waals surface area contributed by atoms with E-state index >= 15 is 0 Å². The molecule has 1 aromatic carbocycles. The highest BCUT2D eigenvalue weighted by Gasteiger charge is 2.01. The molecule has 0 unspecified atom stereocenters. The van der Waals surface area contributed by atoms with Gasteiger partial charge in [0.25, 0.3) is 0 Å². The summed E-state index contributed by atoms with van der Waals surface area (Å²) in [5.41, 5.74) is 1.02. The molecule has 5 heteroatoms. The van der Waals surface area contributed by atoms with Gasteiger partial charge in [-0.2, -0.15) is 5.10 Å². The highest BCUT2D eigenvalue weighted by molar-refractivity contribution is 7.99. The number of ketones is 1. The summed E-state index contributed by atoms with van der Waals surface area (Å²) in [6.07, 6.45) is 4.81. The molecule has 86 valence electrons. The van der Waals surface area contributed by atoms with Crippen LogP contribution in [0.5, 0.6) is 0 Å². The van der Waals surface area contributed by atoms with Gasteiger partial charge in [0.15, 0.2) is 10.9 Å². The standard InChI is InChI=1S/C12H11N3OS/c16-11(8-17-12-13-9-14-15-12)7-6-10-4-2-1-3-5-10/h1-7,9H,8H2,(H,13,14,15)/b7-6+. The van der Waals surface area contributed by atoms with E-state index in [9.17, 15) is 4.79 Å². The van der Waals surface area contributed by atoms with Crippen LogP contribution in [-0.2, 0) is 4.79 Å². The van der Waals surface area contributed by atoms with Gasteiger partial charge in [-0.15, -0.1) is 0 Å². The van der Waals surface area contributed by atoms with Crippen LogP contribution in [0.25, 0.3) is 6.08 Å². The van der Waals surface area contributed by atoms with Gasteiger partial charge in [0.1, 0.15) is 6.33 Å². The molecule has 0 atom stereocenters. The monoisotopic (exact) mass is 245 g/mol. The van der Waals surface area contributed by atoms with E-state index in [0.717, 1.165) is 5.56 Å². The van der Waals surface area contributed by atoms with Crippen molar-refractivity contribution in [3.8, 4) is 0 Å². The van der Waals surface area contributed by atoms with E-state index in [1.165, 1.54) is 18.1 Å². The van der Waals surface area contributed by atoms with Crippen LogP contribution in [0.3, 0.4) is 0 Å². The molecule has 1 heterocycles. The molecule has 2 aromatic rings. The normalized spacial score (nSPS) is 10.8. The van der Waals surface area contributed by atoms with Crippen LogP contribution in [0, 0.1) is 0 Å². The molecule has 0 bridgehead atoms. The predicted molar refractivity (Wildman–Crippen MR) is 67.6 cm³/mol. The number of benzene rings is 1. The molecule has 1 N–H and O–H groups in total. The van der Waals surface area contributed by atoms with Crippen LogP contribution < -0.4 is 0 Å². The second kappa shape index (κ2) is 6.00. The number of thioether (sulfide) groups is 1. The summed E-state index contributed by atoms with van der Waals surface area (Å²) in [5.74, 6) is 0.411. The maximum absolute atomic E-state index is 11.5. The first-order chi connectivity index (χ1) is 8.34. The van der Waals surface area contributed by atoms with E-state index < -0.39 is 0 Å². The van der Waals surface area contributed by atoms with Crippen molar-refractivity contribution < 1.29 is 4.79 Å². The quantitative estimate of drug-likeness (QED) is 0.648. The van der Waals surface area contributed by atoms with Crippen molar-refractivity contribution in [3.63, 3.8) is 0 Å². The van der Waals surface area contributed by atoms with E-state index in [1.807, 2.05) is 36.4 Å². The third kappa shape index (κ3) is 3.88. The molecule has 0 saturated heterocycles. The van der Waals surface area contributed by atoms with E-state index in [2.05, 4.69) is 15.2 Å². The van der Waals surface area contributed by atoms with E-state index in [-0.39, 0.29) is 5.78 Å². The molecule has 0 saturated carbocycles. The topological polar surface area (TPSA) is 58.6 Å². The summed E-state index contributed by atoms with van der Waals surface area (Å²) in [6, 6.07) is 9.72. The molecule has 0 aliphatic carbocycles. The molecular weight excluding hydrogens is 234 g/mol. The molecular formula is C12H11N3OS. The molecule has 17 heavy (non-hydrogen) atoms. The Kier molecular flexibility index (Phi) is 4.10. The Morgan fingerprint density at radius 2 is 2.18 bits per heavy atom. The van der Waals surface area contributed by atoms with Crippen LogP contribution in [0.4, 0.5) is 0 Å². The summed E-state index contributed by atoms with van der Waals surface area (Å²) in [7, 11) is 0. The number of carbonyl (C=O) groups excluding carboxylic acids is 1. The fourth-order valence-electron chi connectivity index (χ4n) is 1.20. The van der Waals surface area contributed by atoms with Crippen molar-refractivity contribution in [2.75, 3.05) is 5.75 Å². The number of rotatable bonds is 5. The molecule has 0 fully saturated rings. The lowest BCUT2D eigenvalue weighted by Crippen LogP contribution is -1.96. The zero-order valence-electron chi connectivity index (χ0n) is 9.04. The van der Waals surface area contributed by atoms with Crippen molar-refractivity contribution in [3.05, 3.63) is 48.3 Å². The lowest BCUT2D eigenvalue weighted by atomic mass is 10.2. The molecule has 1 aromatic heterocycles. The number of hydrogen-bond acceptors (Lipinski definition) is 4. The van der Waals surface area contributed by atoms with Crippen molar-refractivity contribution in [2.45, 2.75) is 5.16 Å². The first-order valence-electron chi connectivity index (χ1n) is 5.09. The van der Waals surface area contributed by atoms with E-state index in [0.29, 0.717) is 10.9 Å². The summed E-state index contributed by atoms with van der Waals surface area (Å²) in [6.45, 7) is 0. The maximum Gasteiger partial charge on any atom is 0.183 e. The van der Waals surface area contributed by atoms with Crippen LogP contribution >= 0.6 is 11.8 Å². The van der Waals surface area contributed by atoms with Crippen molar-refractivity contribution in [2.24, 2.45) is 0 Å². The van der Waals surface area contributed by atoms with Crippen LogP contribution in [0.15, 0.2) is 47.9 Å². The summed E-state index contributed by atoms with van der Waals surface area (Å²) >= 11 is 1.34. The third-order valence-corrected chi connectivity index (χ3v) is 2.90. The van der Waals surface area contributed by atoms with Crippen molar-refractivity contribution in [1.29, 1.82) is 0 Å². The van der Waals surface area contributed by atoms with Gasteiger partial charge >= 0.3 is 0 Å². The van der Waals surface area contributed by atoms with Crippen LogP contribution in [0.1, 0.15) is 5.56 Å². The molecule has 0 radical (unpaired) electrons. The predicted octanol–water partition coefficient (Wildman–Crippen LogP) is 2.18. The number of allylic oxidation sites excluding steroid dienone is 1. The summed E-state index contributed by atoms with van der Waals surface area (Å²) in [5, 5.41) is 7.06. The summed E-state index contributed by atoms with van der Waals surface area (Å²) in [4.78, 5) is 15.5. The first kappa shape index (κ1) is 11.6. The molecule has 4 nitrogen and oxygen atoms in total. The molecule has 0 amide bonds. The Hall–Kier alpha value is -1.88. The molecule has 2 rings (SSSR count). The fourth-order valence-corrected chi connectivity index (χ4v) is 1.82. The Morgan fingerprint density at radius 3 is 2.88 bits per heavy atom. The van der Waals surface area contributed by atoms with Gasteiger partial charge in [-0.1, -0.05) is 48.2 Å². The van der Waals surface area contributed by atoms with Gasteiger partial charge in [-0.3, -0.25) is 9.89 Å². The number of carbonyl (C=O) groups is 1. The SMILES string of the molecule is O=C(/C=C/c1ccccc1)CSc1ncn[nH]1. The first-order valence-corrected chi connectivity index (χ1v) is 6.07. The van der Waals surface area contributed by atoms with Crippen LogP contribution in [-0.4, -0.2) is 26.7 Å². The number of aromatic amines is 1. The summed E-state index contributed by atoms with van der Waals surface area (Å²) < 4.78 is 0. The minimum atomic E-state index is 0.0512. The number of hydrogen-bond donors (Lipinski definition) is 1. The Morgan fingerprint density at radius 1 is 1.35 bits per heavy atom. The average Bonchev–Trinajstić information content (AvgIpc) is 2.88. The maximum atomic E-state index is 11.5. The van der Waals surface area contributed by atoms with Crippen LogP contribution in [0.2, 0.25) is 0 Å².